The highest BCUT2D eigenvalue weighted by Gasteiger charge is 2.19. The Bertz CT molecular complexity index is 960. The van der Waals surface area contributed by atoms with E-state index in [2.05, 4.69) is 4.98 Å². The van der Waals surface area contributed by atoms with E-state index in [4.69, 9.17) is 19.9 Å². The maximum absolute atomic E-state index is 13.0. The summed E-state index contributed by atoms with van der Waals surface area (Å²) in [5.74, 6) is 0.998. The molecule has 0 fully saturated rings. The summed E-state index contributed by atoms with van der Waals surface area (Å²) in [7, 11) is 4.52. The van der Waals surface area contributed by atoms with Crippen LogP contribution >= 0.6 is 0 Å². The molecule has 0 aliphatic rings. The summed E-state index contributed by atoms with van der Waals surface area (Å²) in [5, 5.41) is 0. The number of nitrogens with zero attached hydrogens (tertiary/aromatic N) is 1. The summed E-state index contributed by atoms with van der Waals surface area (Å²) < 4.78 is 15.9. The zero-order chi connectivity index (χ0) is 19.4. The molecular formula is C21H20N2O4. The van der Waals surface area contributed by atoms with Crippen LogP contribution in [0.1, 0.15) is 16.1 Å². The number of ketones is 1. The summed E-state index contributed by atoms with van der Waals surface area (Å²) >= 11 is 0. The number of hydrogen-bond donors (Lipinski definition) is 1. The Labute approximate surface area is 157 Å². The van der Waals surface area contributed by atoms with Crippen molar-refractivity contribution in [1.82, 2.24) is 4.98 Å². The topological polar surface area (TPSA) is 83.7 Å². The fourth-order valence-corrected chi connectivity index (χ4v) is 2.78. The third kappa shape index (κ3) is 3.69. The van der Waals surface area contributed by atoms with Crippen LogP contribution in [0.15, 0.2) is 54.6 Å². The maximum atomic E-state index is 13.0. The zero-order valence-electron chi connectivity index (χ0n) is 15.4. The molecule has 0 spiro atoms. The van der Waals surface area contributed by atoms with Crippen molar-refractivity contribution in [3.8, 4) is 28.5 Å². The molecule has 0 saturated carbocycles. The van der Waals surface area contributed by atoms with Gasteiger partial charge in [-0.05, 0) is 36.4 Å². The van der Waals surface area contributed by atoms with Gasteiger partial charge < -0.3 is 19.9 Å². The number of benzene rings is 2. The van der Waals surface area contributed by atoms with Crippen molar-refractivity contribution in [2.24, 2.45) is 0 Å². The number of ether oxygens (including phenoxy) is 3. The van der Waals surface area contributed by atoms with Gasteiger partial charge in [0.25, 0.3) is 0 Å². The van der Waals surface area contributed by atoms with Crippen LogP contribution in [0.3, 0.4) is 0 Å². The minimum atomic E-state index is -0.250. The molecule has 27 heavy (non-hydrogen) atoms. The van der Waals surface area contributed by atoms with E-state index in [1.54, 1.807) is 30.3 Å². The summed E-state index contributed by atoms with van der Waals surface area (Å²) in [5.41, 5.74) is 8.69. The lowest BCUT2D eigenvalue weighted by molar-refractivity contribution is 0.103. The average molecular weight is 364 g/mol. The van der Waals surface area contributed by atoms with Crippen molar-refractivity contribution in [1.29, 1.82) is 0 Å². The van der Waals surface area contributed by atoms with Crippen LogP contribution in [0.5, 0.6) is 17.2 Å². The molecule has 6 nitrogen and oxygen atoms in total. The quantitative estimate of drug-likeness (QED) is 0.532. The van der Waals surface area contributed by atoms with E-state index >= 15 is 0 Å². The predicted molar refractivity (Wildman–Crippen MR) is 104 cm³/mol. The summed E-state index contributed by atoms with van der Waals surface area (Å²) in [4.78, 5) is 17.5. The van der Waals surface area contributed by atoms with E-state index < -0.39 is 0 Å². The van der Waals surface area contributed by atoms with E-state index in [0.717, 1.165) is 5.56 Å². The molecule has 0 amide bonds. The van der Waals surface area contributed by atoms with Crippen molar-refractivity contribution in [2.75, 3.05) is 27.1 Å². The Morgan fingerprint density at radius 3 is 2.15 bits per heavy atom. The fourth-order valence-electron chi connectivity index (χ4n) is 2.78. The van der Waals surface area contributed by atoms with Gasteiger partial charge >= 0.3 is 0 Å². The number of rotatable bonds is 6. The molecule has 0 aliphatic carbocycles. The number of nitrogen functional groups attached to an aromatic ring is 1. The second-order valence-electron chi connectivity index (χ2n) is 5.78. The molecule has 0 atom stereocenters. The Balaban J connectivity index is 2.03. The van der Waals surface area contributed by atoms with Crippen LogP contribution in [0, 0.1) is 0 Å². The van der Waals surface area contributed by atoms with Crippen LogP contribution in [-0.4, -0.2) is 32.1 Å². The minimum Gasteiger partial charge on any atom is -0.493 e. The highest BCUT2D eigenvalue weighted by atomic mass is 16.5. The number of anilines is 1. The molecule has 0 aliphatic heterocycles. The van der Waals surface area contributed by atoms with Gasteiger partial charge in [-0.1, -0.05) is 18.2 Å². The maximum Gasteiger partial charge on any atom is 0.211 e. The Hall–Kier alpha value is -3.54. The largest absolute Gasteiger partial charge is 0.493 e. The number of carbonyl (C=O) groups excluding carboxylic acids is 1. The molecule has 138 valence electrons. The Kier molecular flexibility index (Phi) is 5.26. The molecule has 6 heteroatoms. The van der Waals surface area contributed by atoms with Gasteiger partial charge in [-0.15, -0.1) is 0 Å². The highest BCUT2D eigenvalue weighted by molar-refractivity contribution is 6.08. The van der Waals surface area contributed by atoms with Crippen LogP contribution in [0.25, 0.3) is 11.3 Å². The van der Waals surface area contributed by atoms with Gasteiger partial charge in [0.05, 0.1) is 27.0 Å². The van der Waals surface area contributed by atoms with Crippen LogP contribution in [0.4, 0.5) is 5.69 Å². The van der Waals surface area contributed by atoms with Gasteiger partial charge in [-0.2, -0.15) is 0 Å². The average Bonchev–Trinajstić information content (AvgIpc) is 2.72. The number of aromatic nitrogens is 1. The van der Waals surface area contributed by atoms with E-state index in [0.29, 0.717) is 39.9 Å². The Morgan fingerprint density at radius 2 is 1.56 bits per heavy atom. The number of carbonyl (C=O) groups is 1. The first-order valence-electron chi connectivity index (χ1n) is 8.25. The SMILES string of the molecule is COc1cc(C(=O)c2cccc(-c3cccc(N)c3)n2)cc(OC)c1OC. The third-order valence-corrected chi connectivity index (χ3v) is 4.09. The van der Waals surface area contributed by atoms with E-state index in [1.165, 1.54) is 21.3 Å². The van der Waals surface area contributed by atoms with E-state index in [-0.39, 0.29) is 5.78 Å². The van der Waals surface area contributed by atoms with E-state index in [1.807, 2.05) is 24.3 Å². The molecule has 0 radical (unpaired) electrons. The lowest BCUT2D eigenvalue weighted by Crippen LogP contribution is -2.06. The van der Waals surface area contributed by atoms with Gasteiger partial charge in [0.1, 0.15) is 5.69 Å². The molecule has 1 heterocycles. The highest BCUT2D eigenvalue weighted by Crippen LogP contribution is 2.38. The lowest BCUT2D eigenvalue weighted by Gasteiger charge is -2.13. The minimum absolute atomic E-state index is 0.250. The van der Waals surface area contributed by atoms with Crippen LogP contribution in [-0.2, 0) is 0 Å². The van der Waals surface area contributed by atoms with Gasteiger partial charge in [-0.25, -0.2) is 4.98 Å². The predicted octanol–water partition coefficient (Wildman–Crippen LogP) is 3.59. The zero-order valence-corrected chi connectivity index (χ0v) is 15.4. The van der Waals surface area contributed by atoms with Gasteiger partial charge in [0, 0.05) is 16.8 Å². The normalized spacial score (nSPS) is 10.3. The number of nitrogens with two attached hydrogens (primary N) is 1. The summed E-state index contributed by atoms with van der Waals surface area (Å²) in [6.45, 7) is 0. The number of methoxy groups -OCH3 is 3. The van der Waals surface area contributed by atoms with Gasteiger partial charge in [-0.3, -0.25) is 4.79 Å². The Morgan fingerprint density at radius 1 is 0.889 bits per heavy atom. The first-order chi connectivity index (χ1) is 13.1. The van der Waals surface area contributed by atoms with Gasteiger partial charge in [0.15, 0.2) is 11.5 Å². The molecule has 0 bridgehead atoms. The van der Waals surface area contributed by atoms with Crippen LogP contribution < -0.4 is 19.9 Å². The van der Waals surface area contributed by atoms with Gasteiger partial charge in [0.2, 0.25) is 11.5 Å². The first kappa shape index (κ1) is 18.3. The molecule has 2 aromatic carbocycles. The second kappa shape index (κ2) is 7.78. The lowest BCUT2D eigenvalue weighted by atomic mass is 10.0. The fraction of sp³-hybridized carbons (Fsp3) is 0.143. The number of hydrogen-bond acceptors (Lipinski definition) is 6. The van der Waals surface area contributed by atoms with Crippen molar-refractivity contribution < 1.29 is 19.0 Å². The molecule has 3 rings (SSSR count). The van der Waals surface area contributed by atoms with Crippen molar-refractivity contribution in [2.45, 2.75) is 0 Å². The molecule has 0 unspecified atom stereocenters. The smallest absolute Gasteiger partial charge is 0.211 e. The van der Waals surface area contributed by atoms with Crippen molar-refractivity contribution in [3.63, 3.8) is 0 Å². The summed E-state index contributed by atoms with van der Waals surface area (Å²) in [6, 6.07) is 15.9. The molecule has 3 aromatic rings. The second-order valence-corrected chi connectivity index (χ2v) is 5.78. The summed E-state index contributed by atoms with van der Waals surface area (Å²) in [6.07, 6.45) is 0. The monoisotopic (exact) mass is 364 g/mol. The molecule has 1 aromatic heterocycles. The van der Waals surface area contributed by atoms with Crippen LogP contribution in [0.2, 0.25) is 0 Å². The molecule has 0 saturated heterocycles. The van der Waals surface area contributed by atoms with Crippen molar-refractivity contribution >= 4 is 11.5 Å². The molecular weight excluding hydrogens is 344 g/mol. The molecule has 2 N–H and O–H groups in total. The standard InChI is InChI=1S/C21H20N2O4/c1-25-18-11-14(12-19(26-2)21(18)27-3)20(24)17-9-5-8-16(23-17)13-6-4-7-15(22)10-13/h4-12H,22H2,1-3H3. The number of pyridine rings is 1. The third-order valence-electron chi connectivity index (χ3n) is 4.09. The van der Waals surface area contributed by atoms with E-state index in [9.17, 15) is 4.79 Å². The van der Waals surface area contributed by atoms with Crippen molar-refractivity contribution in [3.05, 3.63) is 65.9 Å². The first-order valence-corrected chi connectivity index (χ1v) is 8.25.